The van der Waals surface area contributed by atoms with Crippen LogP contribution in [-0.4, -0.2) is 12.6 Å². The number of halogens is 2. The summed E-state index contributed by atoms with van der Waals surface area (Å²) in [6, 6.07) is 5.66. The fourth-order valence-electron chi connectivity index (χ4n) is 0.866. The molecule has 0 atom stereocenters. The van der Waals surface area contributed by atoms with Gasteiger partial charge >= 0.3 is 5.97 Å². The molecule has 2 nitrogen and oxygen atoms in total. The number of rotatable bonds is 3. The summed E-state index contributed by atoms with van der Waals surface area (Å²) >= 11 is 4.28. The van der Waals surface area contributed by atoms with Crippen molar-refractivity contribution in [3.63, 3.8) is 0 Å². The molecule has 1 aromatic carbocycles. The Morgan fingerprint density at radius 3 is 2.86 bits per heavy atom. The molecule has 0 saturated carbocycles. The molecule has 74 valence electrons. The molecule has 0 unspecified atom stereocenters. The second-order valence-electron chi connectivity index (χ2n) is 2.51. The fourth-order valence-corrected chi connectivity index (χ4v) is 1.91. The van der Waals surface area contributed by atoms with Crippen LogP contribution in [0.4, 0.5) is 0 Å². The molecule has 1 rings (SSSR count). The van der Waals surface area contributed by atoms with Crippen molar-refractivity contribution in [3.05, 3.63) is 43.6 Å². The molecule has 4 heteroatoms. The van der Waals surface area contributed by atoms with Crippen LogP contribution in [0.25, 0.3) is 0 Å². The van der Waals surface area contributed by atoms with Gasteiger partial charge < -0.3 is 4.74 Å². The summed E-state index contributed by atoms with van der Waals surface area (Å²) < 4.78 is 6.87. The summed E-state index contributed by atoms with van der Waals surface area (Å²) in [4.78, 5) is 11.5. The van der Waals surface area contributed by atoms with Gasteiger partial charge in [-0.1, -0.05) is 12.7 Å². The van der Waals surface area contributed by atoms with E-state index in [1.54, 1.807) is 6.08 Å². The standard InChI is InChI=1S/C10H8I2O2/c1-2-5-14-10(13)8-6-7(11)3-4-9(8)12/h2-4,6H,1,5H2. The Hall–Kier alpha value is -0.110. The fraction of sp³-hybridized carbons (Fsp3) is 0.100. The van der Waals surface area contributed by atoms with E-state index in [2.05, 4.69) is 51.8 Å². The SMILES string of the molecule is C=CCOC(=O)c1cc(I)ccc1I. The summed E-state index contributed by atoms with van der Waals surface area (Å²) in [6.07, 6.45) is 1.55. The maximum Gasteiger partial charge on any atom is 0.339 e. The van der Waals surface area contributed by atoms with Crippen LogP contribution in [0.2, 0.25) is 0 Å². The minimum atomic E-state index is -0.298. The van der Waals surface area contributed by atoms with Crippen LogP contribution in [0.15, 0.2) is 30.9 Å². The van der Waals surface area contributed by atoms with Gasteiger partial charge in [0.25, 0.3) is 0 Å². The highest BCUT2D eigenvalue weighted by Crippen LogP contribution is 2.16. The van der Waals surface area contributed by atoms with Gasteiger partial charge in [-0.15, -0.1) is 0 Å². The molecule has 0 bridgehead atoms. The van der Waals surface area contributed by atoms with Crippen LogP contribution in [-0.2, 0) is 4.74 Å². The maximum atomic E-state index is 11.5. The molecule has 14 heavy (non-hydrogen) atoms. The molecule has 1 aromatic rings. The van der Waals surface area contributed by atoms with Gasteiger partial charge in [0.05, 0.1) is 5.56 Å². The van der Waals surface area contributed by atoms with Crippen LogP contribution < -0.4 is 0 Å². The number of hydrogen-bond donors (Lipinski definition) is 0. The molecule has 0 aliphatic carbocycles. The lowest BCUT2D eigenvalue weighted by Crippen LogP contribution is -2.07. The zero-order valence-corrected chi connectivity index (χ0v) is 11.6. The Bertz CT molecular complexity index is 361. The number of hydrogen-bond acceptors (Lipinski definition) is 2. The lowest BCUT2D eigenvalue weighted by molar-refractivity contribution is 0.0548. The third kappa shape index (κ3) is 3.23. The molecule has 0 aliphatic rings. The van der Waals surface area contributed by atoms with Crippen LogP contribution in [0.5, 0.6) is 0 Å². The van der Waals surface area contributed by atoms with Gasteiger partial charge in [-0.3, -0.25) is 0 Å². The highest BCUT2D eigenvalue weighted by molar-refractivity contribution is 14.1. The first-order valence-electron chi connectivity index (χ1n) is 3.88. The van der Waals surface area contributed by atoms with Crippen LogP contribution in [0.1, 0.15) is 10.4 Å². The molecule has 0 radical (unpaired) electrons. The van der Waals surface area contributed by atoms with Gasteiger partial charge in [-0.2, -0.15) is 0 Å². The summed E-state index contributed by atoms with van der Waals surface area (Å²) in [6.45, 7) is 3.74. The predicted octanol–water partition coefficient (Wildman–Crippen LogP) is 3.24. The average Bonchev–Trinajstić information content (AvgIpc) is 2.18. The molecular weight excluding hydrogens is 406 g/mol. The number of benzene rings is 1. The van der Waals surface area contributed by atoms with Crippen LogP contribution in [0.3, 0.4) is 0 Å². The third-order valence-electron chi connectivity index (χ3n) is 1.48. The Morgan fingerprint density at radius 2 is 2.21 bits per heavy atom. The van der Waals surface area contributed by atoms with Crippen molar-refractivity contribution in [1.82, 2.24) is 0 Å². The third-order valence-corrected chi connectivity index (χ3v) is 3.09. The first-order chi connectivity index (χ1) is 6.65. The molecule has 0 saturated heterocycles. The number of carbonyl (C=O) groups excluding carboxylic acids is 1. The van der Waals surface area contributed by atoms with E-state index in [-0.39, 0.29) is 12.6 Å². The van der Waals surface area contributed by atoms with E-state index in [0.717, 1.165) is 7.14 Å². The van der Waals surface area contributed by atoms with Gasteiger partial charge in [-0.25, -0.2) is 4.79 Å². The first kappa shape index (κ1) is 12.0. The summed E-state index contributed by atoms with van der Waals surface area (Å²) in [5.41, 5.74) is 0.611. The molecule has 0 amide bonds. The van der Waals surface area contributed by atoms with E-state index in [9.17, 15) is 4.79 Å². The van der Waals surface area contributed by atoms with E-state index in [1.807, 2.05) is 18.2 Å². The van der Waals surface area contributed by atoms with Gasteiger partial charge in [-0.05, 0) is 63.4 Å². The van der Waals surface area contributed by atoms with E-state index >= 15 is 0 Å². The minimum Gasteiger partial charge on any atom is -0.458 e. The van der Waals surface area contributed by atoms with Crippen molar-refractivity contribution in [2.75, 3.05) is 6.61 Å². The maximum absolute atomic E-state index is 11.5. The van der Waals surface area contributed by atoms with Gasteiger partial charge in [0, 0.05) is 7.14 Å². The smallest absolute Gasteiger partial charge is 0.339 e. The summed E-state index contributed by atoms with van der Waals surface area (Å²) in [7, 11) is 0. The highest BCUT2D eigenvalue weighted by Gasteiger charge is 2.10. The highest BCUT2D eigenvalue weighted by atomic mass is 127. The van der Waals surface area contributed by atoms with Crippen molar-refractivity contribution in [1.29, 1.82) is 0 Å². The lowest BCUT2D eigenvalue weighted by atomic mass is 10.2. The number of esters is 1. The summed E-state index contributed by atoms with van der Waals surface area (Å²) in [5.74, 6) is -0.298. The van der Waals surface area contributed by atoms with Crippen molar-refractivity contribution < 1.29 is 9.53 Å². The molecule has 0 heterocycles. The van der Waals surface area contributed by atoms with Crippen molar-refractivity contribution >= 4 is 51.2 Å². The number of carbonyl (C=O) groups is 1. The number of ether oxygens (including phenoxy) is 1. The van der Waals surface area contributed by atoms with E-state index in [0.29, 0.717) is 5.56 Å². The normalized spacial score (nSPS) is 9.57. The van der Waals surface area contributed by atoms with Gasteiger partial charge in [0.15, 0.2) is 0 Å². The second kappa shape index (κ2) is 5.69. The largest absolute Gasteiger partial charge is 0.458 e. The van der Waals surface area contributed by atoms with Crippen molar-refractivity contribution in [3.8, 4) is 0 Å². The van der Waals surface area contributed by atoms with Crippen LogP contribution >= 0.6 is 45.2 Å². The van der Waals surface area contributed by atoms with E-state index < -0.39 is 0 Å². The molecule has 0 fully saturated rings. The Balaban J connectivity index is 2.88. The minimum absolute atomic E-state index is 0.250. The van der Waals surface area contributed by atoms with E-state index in [1.165, 1.54) is 0 Å². The monoisotopic (exact) mass is 414 g/mol. The molecule has 0 N–H and O–H groups in total. The zero-order valence-electron chi connectivity index (χ0n) is 7.30. The van der Waals surface area contributed by atoms with E-state index in [4.69, 9.17) is 4.74 Å². The molecule has 0 aromatic heterocycles. The quantitative estimate of drug-likeness (QED) is 0.432. The Kier molecular flexibility index (Phi) is 4.86. The second-order valence-corrected chi connectivity index (χ2v) is 4.92. The van der Waals surface area contributed by atoms with Gasteiger partial charge in [0.1, 0.15) is 6.61 Å². The molecule has 0 aliphatic heterocycles. The summed E-state index contributed by atoms with van der Waals surface area (Å²) in [5, 5.41) is 0. The molecule has 0 spiro atoms. The predicted molar refractivity (Wildman–Crippen MR) is 72.4 cm³/mol. The Morgan fingerprint density at radius 1 is 1.50 bits per heavy atom. The first-order valence-corrected chi connectivity index (χ1v) is 6.04. The lowest BCUT2D eigenvalue weighted by Gasteiger charge is -2.04. The Labute approximate surface area is 110 Å². The van der Waals surface area contributed by atoms with Crippen molar-refractivity contribution in [2.24, 2.45) is 0 Å². The van der Waals surface area contributed by atoms with Crippen LogP contribution in [0, 0.1) is 7.14 Å². The van der Waals surface area contributed by atoms with Crippen molar-refractivity contribution in [2.45, 2.75) is 0 Å². The zero-order chi connectivity index (χ0) is 10.6. The molecular formula is C10H8I2O2. The average molecular weight is 414 g/mol. The van der Waals surface area contributed by atoms with Gasteiger partial charge in [0.2, 0.25) is 0 Å². The topological polar surface area (TPSA) is 26.3 Å².